The summed E-state index contributed by atoms with van der Waals surface area (Å²) in [7, 11) is 2.27. The second-order valence-corrected chi connectivity index (χ2v) is 10.5. The smallest absolute Gasteiger partial charge is 0.294 e. The summed E-state index contributed by atoms with van der Waals surface area (Å²) in [5.74, 6) is 2.18. The van der Waals surface area contributed by atoms with Gasteiger partial charge < -0.3 is 9.84 Å². The van der Waals surface area contributed by atoms with Gasteiger partial charge in [-0.2, -0.15) is 5.10 Å². The van der Waals surface area contributed by atoms with Gasteiger partial charge in [-0.3, -0.25) is 4.90 Å². The summed E-state index contributed by atoms with van der Waals surface area (Å²) in [5, 5.41) is 24.8. The van der Waals surface area contributed by atoms with Crippen LogP contribution in [0.2, 0.25) is 0 Å². The maximum absolute atomic E-state index is 10.6. The van der Waals surface area contributed by atoms with Gasteiger partial charge in [0, 0.05) is 37.2 Å². The Morgan fingerprint density at radius 3 is 2.38 bits per heavy atom. The van der Waals surface area contributed by atoms with Crippen LogP contribution in [-0.2, 0) is 0 Å². The first-order chi connectivity index (χ1) is 15.3. The van der Waals surface area contributed by atoms with Crippen LogP contribution in [0.25, 0.3) is 16.3 Å². The Labute approximate surface area is 193 Å². The minimum absolute atomic E-state index is 0.151. The Balaban J connectivity index is 1.31. The summed E-state index contributed by atoms with van der Waals surface area (Å²) in [6, 6.07) is 8.49. The molecule has 5 rings (SSSR count). The van der Waals surface area contributed by atoms with Crippen LogP contribution in [0, 0.1) is 24.7 Å². The number of aromatic hydroxyl groups is 1. The first-order valence-corrected chi connectivity index (χ1v) is 12.2. The molecule has 0 aliphatic carbocycles. The van der Waals surface area contributed by atoms with Crippen LogP contribution >= 0.6 is 11.3 Å². The number of nitrogens with zero attached hydrogens (tertiary/aromatic N) is 5. The molecule has 2 aliphatic heterocycles. The fourth-order valence-electron chi connectivity index (χ4n) is 5.57. The van der Waals surface area contributed by atoms with Crippen molar-refractivity contribution in [1.82, 2.24) is 24.9 Å². The van der Waals surface area contributed by atoms with Crippen molar-refractivity contribution in [2.45, 2.75) is 58.7 Å². The largest absolute Gasteiger partial charge is 0.507 e. The van der Waals surface area contributed by atoms with Crippen LogP contribution in [0.5, 0.6) is 10.9 Å². The van der Waals surface area contributed by atoms with Gasteiger partial charge in [-0.05, 0) is 49.9 Å². The second kappa shape index (κ2) is 8.15. The zero-order chi connectivity index (χ0) is 22.6. The van der Waals surface area contributed by atoms with E-state index >= 15 is 0 Å². The highest BCUT2D eigenvalue weighted by atomic mass is 32.1. The van der Waals surface area contributed by atoms with E-state index < -0.39 is 0 Å². The van der Waals surface area contributed by atoms with Gasteiger partial charge in [-0.15, -0.1) is 5.10 Å². The van der Waals surface area contributed by atoms with Gasteiger partial charge >= 0.3 is 0 Å². The number of phenols is 1. The summed E-state index contributed by atoms with van der Waals surface area (Å²) < 4.78 is 8.08. The third kappa shape index (κ3) is 3.69. The van der Waals surface area contributed by atoms with E-state index in [1.165, 1.54) is 11.3 Å². The lowest BCUT2D eigenvalue weighted by Crippen LogP contribution is -2.61. The fourth-order valence-corrected chi connectivity index (χ4v) is 6.37. The maximum atomic E-state index is 10.6. The van der Waals surface area contributed by atoms with E-state index in [4.69, 9.17) is 4.74 Å². The van der Waals surface area contributed by atoms with Crippen LogP contribution in [0.3, 0.4) is 0 Å². The topological polar surface area (TPSA) is 76.3 Å². The molecule has 2 aromatic heterocycles. The molecule has 170 valence electrons. The molecule has 1 N–H and O–H groups in total. The molecule has 0 saturated carbocycles. The van der Waals surface area contributed by atoms with E-state index in [9.17, 15) is 5.11 Å². The van der Waals surface area contributed by atoms with Crippen molar-refractivity contribution in [3.63, 3.8) is 0 Å². The van der Waals surface area contributed by atoms with Crippen LogP contribution in [0.1, 0.15) is 39.3 Å². The number of phenolic OH excluding ortho intramolecular Hbond substituents is 1. The number of hydrogen-bond acceptors (Lipinski definition) is 7. The van der Waals surface area contributed by atoms with Gasteiger partial charge in [0.05, 0.1) is 16.9 Å². The summed E-state index contributed by atoms with van der Waals surface area (Å²) in [6.07, 6.45) is 4.06. The van der Waals surface area contributed by atoms with E-state index in [1.807, 2.05) is 31.3 Å². The molecule has 0 spiro atoms. The second-order valence-electron chi connectivity index (χ2n) is 9.57. The third-order valence-corrected chi connectivity index (χ3v) is 8.65. The van der Waals surface area contributed by atoms with Crippen LogP contribution in [-0.4, -0.2) is 55.2 Å². The molecule has 2 bridgehead atoms. The summed E-state index contributed by atoms with van der Waals surface area (Å²) >= 11 is 1.39. The van der Waals surface area contributed by atoms with Crippen molar-refractivity contribution in [3.8, 4) is 27.2 Å². The number of rotatable bonds is 4. The van der Waals surface area contributed by atoms with Gasteiger partial charge in [0.2, 0.25) is 0 Å². The molecular weight excluding hydrogens is 422 g/mol. The zero-order valence-electron chi connectivity index (χ0n) is 19.3. The molecule has 7 nitrogen and oxygen atoms in total. The first kappa shape index (κ1) is 21.4. The Hall–Kier alpha value is -2.45. The molecule has 8 heteroatoms. The first-order valence-electron chi connectivity index (χ1n) is 11.4. The van der Waals surface area contributed by atoms with Gasteiger partial charge in [0.1, 0.15) is 11.9 Å². The molecule has 3 aromatic rings. The predicted molar refractivity (Wildman–Crippen MR) is 125 cm³/mol. The van der Waals surface area contributed by atoms with Crippen molar-refractivity contribution in [1.29, 1.82) is 0 Å². The normalized spacial score (nSPS) is 30.4. The molecule has 0 amide bonds. The highest BCUT2D eigenvalue weighted by Gasteiger charge is 2.47. The molecule has 2 saturated heterocycles. The van der Waals surface area contributed by atoms with E-state index in [-0.39, 0.29) is 11.9 Å². The molecular formula is C24H31N5O2S. The van der Waals surface area contributed by atoms with Crippen LogP contribution in [0.4, 0.5) is 0 Å². The fraction of sp³-hybridized carbons (Fsp3) is 0.542. The SMILES string of the molecule is Cc1ccn(-c2ccc(-c3nnc(OC4CC5C(C)C(C)C(C)C(C4)N5C)s3)c(O)c2)n1. The quantitative estimate of drug-likeness (QED) is 0.625. The standard InChI is InChI=1S/C24H31N5O2S/c1-13-8-9-29(27-13)17-6-7-19(22(30)10-17)23-25-26-24(32-23)31-18-11-20-15(3)14(2)16(4)21(12-18)28(20)5/h6-10,14-16,18,20-21,30H,11-12H2,1-5H3. The van der Waals surface area contributed by atoms with Gasteiger partial charge in [0.25, 0.3) is 5.19 Å². The maximum Gasteiger partial charge on any atom is 0.294 e. The van der Waals surface area contributed by atoms with Crippen molar-refractivity contribution in [3.05, 3.63) is 36.2 Å². The van der Waals surface area contributed by atoms with Crippen molar-refractivity contribution < 1.29 is 9.84 Å². The third-order valence-electron chi connectivity index (χ3n) is 7.80. The van der Waals surface area contributed by atoms with E-state index in [0.717, 1.165) is 30.1 Å². The predicted octanol–water partition coefficient (Wildman–Crippen LogP) is 4.54. The average molecular weight is 454 g/mol. The van der Waals surface area contributed by atoms with E-state index in [2.05, 4.69) is 48.0 Å². The molecule has 4 atom stereocenters. The highest BCUT2D eigenvalue weighted by molar-refractivity contribution is 7.16. The molecule has 32 heavy (non-hydrogen) atoms. The lowest BCUT2D eigenvalue weighted by Gasteiger charge is -2.55. The lowest BCUT2D eigenvalue weighted by atomic mass is 9.67. The van der Waals surface area contributed by atoms with Crippen LogP contribution < -0.4 is 4.74 Å². The Morgan fingerprint density at radius 1 is 1.03 bits per heavy atom. The van der Waals surface area contributed by atoms with Crippen molar-refractivity contribution in [2.75, 3.05) is 7.05 Å². The van der Waals surface area contributed by atoms with Crippen molar-refractivity contribution in [2.24, 2.45) is 17.8 Å². The zero-order valence-corrected chi connectivity index (χ0v) is 20.1. The number of fused-ring (bicyclic) bond motifs is 2. The molecule has 2 aliphatic rings. The number of piperidine rings is 2. The average Bonchev–Trinajstić information content (AvgIpc) is 3.41. The number of aromatic nitrogens is 4. The summed E-state index contributed by atoms with van der Waals surface area (Å²) in [5.41, 5.74) is 2.38. The van der Waals surface area contributed by atoms with E-state index in [0.29, 0.717) is 39.7 Å². The van der Waals surface area contributed by atoms with E-state index in [1.54, 1.807) is 10.7 Å². The number of hydrogen-bond donors (Lipinski definition) is 1. The molecule has 4 heterocycles. The monoisotopic (exact) mass is 453 g/mol. The summed E-state index contributed by atoms with van der Waals surface area (Å²) in [4.78, 5) is 2.57. The number of benzene rings is 1. The summed E-state index contributed by atoms with van der Waals surface area (Å²) in [6.45, 7) is 9.08. The lowest BCUT2D eigenvalue weighted by molar-refractivity contribution is -0.0769. The number of aryl methyl sites for hydroxylation is 1. The van der Waals surface area contributed by atoms with Crippen LogP contribution in [0.15, 0.2) is 30.5 Å². The molecule has 0 radical (unpaired) electrons. The minimum Gasteiger partial charge on any atom is -0.507 e. The minimum atomic E-state index is 0.151. The number of ether oxygens (including phenoxy) is 1. The Kier molecular flexibility index (Phi) is 5.45. The molecule has 2 fully saturated rings. The van der Waals surface area contributed by atoms with Gasteiger partial charge in [-0.25, -0.2) is 4.68 Å². The van der Waals surface area contributed by atoms with Gasteiger partial charge in [-0.1, -0.05) is 37.2 Å². The van der Waals surface area contributed by atoms with Gasteiger partial charge in [0.15, 0.2) is 5.01 Å². The molecule has 1 aromatic carbocycles. The highest BCUT2D eigenvalue weighted by Crippen LogP contribution is 2.44. The Morgan fingerprint density at radius 2 is 1.75 bits per heavy atom. The Bertz CT molecular complexity index is 1080. The molecule has 4 unspecified atom stereocenters. The van der Waals surface area contributed by atoms with Crippen molar-refractivity contribution >= 4 is 11.3 Å².